The van der Waals surface area contributed by atoms with Crippen LogP contribution in [0.3, 0.4) is 0 Å². The largest absolute Gasteiger partial charge is 0.346 e. The maximum atomic E-state index is 4.20. The van der Waals surface area contributed by atoms with Crippen LogP contribution in [-0.4, -0.2) is 11.2 Å². The summed E-state index contributed by atoms with van der Waals surface area (Å²) in [7, 11) is 0. The van der Waals surface area contributed by atoms with Crippen LogP contribution in [0.5, 0.6) is 0 Å². The lowest BCUT2D eigenvalue weighted by Gasteiger charge is -1.88. The van der Waals surface area contributed by atoms with Crippen molar-refractivity contribution in [1.29, 1.82) is 0 Å². The Kier molecular flexibility index (Phi) is 2.66. The molecule has 0 aliphatic carbocycles. The molecule has 0 atom stereocenters. The predicted octanol–water partition coefficient (Wildman–Crippen LogP) is 2.77. The van der Waals surface area contributed by atoms with Crippen LogP contribution >= 0.6 is 0 Å². The average Bonchev–Trinajstić information content (AvgIpc) is 2.47. The summed E-state index contributed by atoms with van der Waals surface area (Å²) >= 11 is 0. The smallest absolute Gasteiger partial charge is 0.136 e. The highest BCUT2D eigenvalue weighted by Crippen LogP contribution is 2.16. The van der Waals surface area contributed by atoms with E-state index in [1.54, 1.807) is 6.08 Å². The van der Waals surface area contributed by atoms with Gasteiger partial charge in [0, 0.05) is 18.0 Å². The van der Waals surface area contributed by atoms with Gasteiger partial charge >= 0.3 is 0 Å². The van der Waals surface area contributed by atoms with E-state index in [0.717, 1.165) is 17.8 Å². The minimum atomic E-state index is 0.891. The molecule has 1 aromatic rings. The molecule has 58 valence electrons. The summed E-state index contributed by atoms with van der Waals surface area (Å²) in [4.78, 5) is 7.23. The fraction of sp³-hybridized carbons (Fsp3) is 0.222. The van der Waals surface area contributed by atoms with Crippen molar-refractivity contribution >= 4 is 18.1 Å². The Balaban J connectivity index is 2.84. The Hall–Kier alpha value is -1.31. The zero-order chi connectivity index (χ0) is 8.10. The van der Waals surface area contributed by atoms with Crippen LogP contribution < -0.4 is 0 Å². The van der Waals surface area contributed by atoms with Crippen molar-refractivity contribution in [2.45, 2.75) is 13.3 Å². The van der Waals surface area contributed by atoms with Gasteiger partial charge in [-0.2, -0.15) is 0 Å². The standard InChI is InChI=1S/C9H12N2/c1-3-6-10-9-8(4-2)5-7-11-9/h4-7,11H,2-3H2,1H3. The number of hydrogen-bond acceptors (Lipinski definition) is 1. The summed E-state index contributed by atoms with van der Waals surface area (Å²) in [6.45, 7) is 5.73. The molecule has 0 radical (unpaired) electrons. The molecular formula is C9H12N2. The average molecular weight is 148 g/mol. The predicted molar refractivity (Wildman–Crippen MR) is 49.3 cm³/mol. The summed E-state index contributed by atoms with van der Waals surface area (Å²) in [6, 6.07) is 1.95. The SMILES string of the molecule is C=Cc1cc[nH]c1N=CCC. The van der Waals surface area contributed by atoms with E-state index < -0.39 is 0 Å². The number of hydrogen-bond donors (Lipinski definition) is 1. The molecular weight excluding hydrogens is 136 g/mol. The number of nitrogens with one attached hydrogen (secondary N) is 1. The van der Waals surface area contributed by atoms with E-state index in [9.17, 15) is 0 Å². The second-order valence-electron chi connectivity index (χ2n) is 2.21. The first-order chi connectivity index (χ1) is 5.38. The highest BCUT2D eigenvalue weighted by molar-refractivity contribution is 5.67. The second-order valence-corrected chi connectivity index (χ2v) is 2.21. The van der Waals surface area contributed by atoms with Gasteiger partial charge in [0.05, 0.1) is 0 Å². The number of rotatable bonds is 3. The molecule has 2 heteroatoms. The highest BCUT2D eigenvalue weighted by atomic mass is 14.9. The van der Waals surface area contributed by atoms with Crippen molar-refractivity contribution in [3.8, 4) is 0 Å². The topological polar surface area (TPSA) is 28.1 Å². The number of aromatic amines is 1. The fourth-order valence-corrected chi connectivity index (χ4v) is 0.832. The van der Waals surface area contributed by atoms with Crippen molar-refractivity contribution in [3.05, 3.63) is 24.4 Å². The Labute approximate surface area is 66.7 Å². The van der Waals surface area contributed by atoms with Crippen LogP contribution in [0.1, 0.15) is 18.9 Å². The third kappa shape index (κ3) is 1.80. The quantitative estimate of drug-likeness (QED) is 0.638. The highest BCUT2D eigenvalue weighted by Gasteiger charge is 1.94. The first-order valence-electron chi connectivity index (χ1n) is 3.70. The van der Waals surface area contributed by atoms with Crippen LogP contribution in [0.4, 0.5) is 5.82 Å². The molecule has 0 aliphatic heterocycles. The van der Waals surface area contributed by atoms with E-state index in [1.807, 2.05) is 18.5 Å². The number of nitrogens with zero attached hydrogens (tertiary/aromatic N) is 1. The lowest BCUT2D eigenvalue weighted by molar-refractivity contribution is 1.28. The van der Waals surface area contributed by atoms with E-state index >= 15 is 0 Å². The van der Waals surface area contributed by atoms with Gasteiger partial charge in [-0.25, -0.2) is 4.99 Å². The molecule has 0 aliphatic rings. The Bertz CT molecular complexity index is 258. The Morgan fingerprint density at radius 3 is 3.18 bits per heavy atom. The molecule has 11 heavy (non-hydrogen) atoms. The van der Waals surface area contributed by atoms with Crippen molar-refractivity contribution in [3.63, 3.8) is 0 Å². The van der Waals surface area contributed by atoms with Crippen LogP contribution in [0.2, 0.25) is 0 Å². The summed E-state index contributed by atoms with van der Waals surface area (Å²) in [5.41, 5.74) is 1.05. The lowest BCUT2D eigenvalue weighted by atomic mass is 10.3. The van der Waals surface area contributed by atoms with Crippen LogP contribution in [0.25, 0.3) is 6.08 Å². The molecule has 0 fully saturated rings. The molecule has 1 heterocycles. The molecule has 0 amide bonds. The van der Waals surface area contributed by atoms with Crippen molar-refractivity contribution in [2.75, 3.05) is 0 Å². The zero-order valence-electron chi connectivity index (χ0n) is 6.67. The monoisotopic (exact) mass is 148 g/mol. The maximum absolute atomic E-state index is 4.20. The summed E-state index contributed by atoms with van der Waals surface area (Å²) in [5.74, 6) is 0.891. The van der Waals surface area contributed by atoms with Crippen molar-refractivity contribution < 1.29 is 0 Å². The van der Waals surface area contributed by atoms with Gasteiger partial charge < -0.3 is 4.98 Å². The van der Waals surface area contributed by atoms with Gasteiger partial charge in [0.2, 0.25) is 0 Å². The van der Waals surface area contributed by atoms with Crippen LogP contribution in [-0.2, 0) is 0 Å². The maximum Gasteiger partial charge on any atom is 0.136 e. The number of aliphatic imine (C=N–C) groups is 1. The molecule has 1 N–H and O–H groups in total. The summed E-state index contributed by atoms with van der Waals surface area (Å²) in [5, 5.41) is 0. The molecule has 0 bridgehead atoms. The summed E-state index contributed by atoms with van der Waals surface area (Å²) < 4.78 is 0. The van der Waals surface area contributed by atoms with Gasteiger partial charge in [-0.15, -0.1) is 0 Å². The van der Waals surface area contributed by atoms with Crippen molar-refractivity contribution in [1.82, 2.24) is 4.98 Å². The Morgan fingerprint density at radius 1 is 1.73 bits per heavy atom. The molecule has 0 spiro atoms. The van der Waals surface area contributed by atoms with E-state index in [0.29, 0.717) is 0 Å². The first kappa shape index (κ1) is 7.79. The molecule has 0 unspecified atom stereocenters. The molecule has 0 aromatic carbocycles. The van der Waals surface area contributed by atoms with E-state index in [4.69, 9.17) is 0 Å². The molecule has 0 saturated heterocycles. The zero-order valence-corrected chi connectivity index (χ0v) is 6.67. The van der Waals surface area contributed by atoms with Crippen LogP contribution in [0.15, 0.2) is 23.8 Å². The molecule has 0 saturated carbocycles. The lowest BCUT2D eigenvalue weighted by Crippen LogP contribution is -1.70. The van der Waals surface area contributed by atoms with Gasteiger partial charge in [0.15, 0.2) is 0 Å². The number of H-pyrrole nitrogens is 1. The van der Waals surface area contributed by atoms with Gasteiger partial charge in [0.1, 0.15) is 5.82 Å². The third-order valence-corrected chi connectivity index (χ3v) is 1.38. The van der Waals surface area contributed by atoms with E-state index in [1.165, 1.54) is 0 Å². The first-order valence-corrected chi connectivity index (χ1v) is 3.70. The van der Waals surface area contributed by atoms with E-state index in [2.05, 4.69) is 23.5 Å². The third-order valence-electron chi connectivity index (χ3n) is 1.38. The molecule has 1 aromatic heterocycles. The minimum absolute atomic E-state index is 0.891. The van der Waals surface area contributed by atoms with Crippen molar-refractivity contribution in [2.24, 2.45) is 4.99 Å². The Morgan fingerprint density at radius 2 is 2.55 bits per heavy atom. The van der Waals surface area contributed by atoms with E-state index in [-0.39, 0.29) is 0 Å². The van der Waals surface area contributed by atoms with Gasteiger partial charge in [-0.05, 0) is 12.5 Å². The summed E-state index contributed by atoms with van der Waals surface area (Å²) in [6.07, 6.45) is 6.48. The van der Waals surface area contributed by atoms with Crippen LogP contribution in [0, 0.1) is 0 Å². The number of aromatic nitrogens is 1. The molecule has 2 nitrogen and oxygen atoms in total. The minimum Gasteiger partial charge on any atom is -0.346 e. The second kappa shape index (κ2) is 3.76. The fourth-order valence-electron chi connectivity index (χ4n) is 0.832. The van der Waals surface area contributed by atoms with Gasteiger partial charge in [0.25, 0.3) is 0 Å². The molecule has 1 rings (SSSR count). The van der Waals surface area contributed by atoms with Gasteiger partial charge in [-0.1, -0.05) is 19.6 Å². The normalized spacial score (nSPS) is 10.6. The van der Waals surface area contributed by atoms with Gasteiger partial charge in [-0.3, -0.25) is 0 Å².